The van der Waals surface area contributed by atoms with Crippen LogP contribution in [0, 0.1) is 5.82 Å². The Balaban J connectivity index is 1.36. The normalized spacial score (nSPS) is 17.9. The summed E-state index contributed by atoms with van der Waals surface area (Å²) in [6.45, 7) is 1.34. The van der Waals surface area contributed by atoms with Crippen molar-refractivity contribution < 1.29 is 26.8 Å². The fourth-order valence-electron chi connectivity index (χ4n) is 3.93. The van der Waals surface area contributed by atoms with Crippen molar-refractivity contribution in [3.05, 3.63) is 60.0 Å². The Hall–Kier alpha value is -3.38. The first kappa shape index (κ1) is 22.4. The molecule has 8 nitrogen and oxygen atoms in total. The Morgan fingerprint density at radius 3 is 2.62 bits per heavy atom. The fraction of sp³-hybridized carbons (Fsp3) is 0.364. The van der Waals surface area contributed by atoms with E-state index in [0.29, 0.717) is 11.3 Å². The van der Waals surface area contributed by atoms with Gasteiger partial charge in [-0.1, -0.05) is 6.07 Å². The standard InChI is InChI=1S/C22H20F4N6O2/c23-14-2-1-3-16(6-14)32(21(33)22(26)11-31(12-22)17-8-27-9-17)10-15-5-4-13(7-28-15)19-29-30-20(34-19)18(24)25/h1-7,17-18,27H,8-12H2. The number of amides is 1. The van der Waals surface area contributed by atoms with E-state index in [0.717, 1.165) is 19.2 Å². The molecule has 2 fully saturated rings. The van der Waals surface area contributed by atoms with Crippen molar-refractivity contribution in [1.82, 2.24) is 25.4 Å². The van der Waals surface area contributed by atoms with E-state index in [9.17, 15) is 18.0 Å². The molecule has 0 radical (unpaired) electrons. The first-order valence-electron chi connectivity index (χ1n) is 10.6. The predicted molar refractivity (Wildman–Crippen MR) is 112 cm³/mol. The molecule has 4 heterocycles. The number of carbonyl (C=O) groups is 1. The zero-order valence-corrected chi connectivity index (χ0v) is 17.8. The van der Waals surface area contributed by atoms with Crippen molar-refractivity contribution in [3.63, 3.8) is 0 Å². The van der Waals surface area contributed by atoms with Crippen LogP contribution < -0.4 is 10.2 Å². The zero-order chi connectivity index (χ0) is 23.9. The fourth-order valence-corrected chi connectivity index (χ4v) is 3.93. The minimum absolute atomic E-state index is 0.0278. The minimum Gasteiger partial charge on any atom is -0.415 e. The maximum Gasteiger partial charge on any atom is 0.314 e. The third-order valence-corrected chi connectivity index (χ3v) is 5.95. The van der Waals surface area contributed by atoms with Gasteiger partial charge < -0.3 is 14.6 Å². The monoisotopic (exact) mass is 476 g/mol. The van der Waals surface area contributed by atoms with E-state index in [1.54, 1.807) is 0 Å². The number of halogens is 4. The van der Waals surface area contributed by atoms with Gasteiger partial charge in [0.25, 0.3) is 11.8 Å². The summed E-state index contributed by atoms with van der Waals surface area (Å²) >= 11 is 0. The van der Waals surface area contributed by atoms with Crippen LogP contribution in [0.3, 0.4) is 0 Å². The van der Waals surface area contributed by atoms with Crippen molar-refractivity contribution in [2.45, 2.75) is 24.7 Å². The highest BCUT2D eigenvalue weighted by Crippen LogP contribution is 2.33. The number of pyridine rings is 1. The molecular formula is C22H20F4N6O2. The summed E-state index contributed by atoms with van der Waals surface area (Å²) in [5.74, 6) is -2.27. The maximum absolute atomic E-state index is 15.5. The number of likely N-dealkylation sites (tertiary alicyclic amines) is 1. The Labute approximate surface area is 191 Å². The molecule has 0 saturated carbocycles. The number of hydrogen-bond donors (Lipinski definition) is 1. The largest absolute Gasteiger partial charge is 0.415 e. The van der Waals surface area contributed by atoms with Crippen LogP contribution in [0.25, 0.3) is 11.5 Å². The summed E-state index contributed by atoms with van der Waals surface area (Å²) in [7, 11) is 0. The van der Waals surface area contributed by atoms with E-state index >= 15 is 4.39 Å². The Kier molecular flexibility index (Phi) is 5.78. The second-order valence-corrected chi connectivity index (χ2v) is 8.34. The highest BCUT2D eigenvalue weighted by atomic mass is 19.3. The quantitative estimate of drug-likeness (QED) is 0.525. The van der Waals surface area contributed by atoms with Crippen molar-refractivity contribution in [3.8, 4) is 11.5 Å². The Morgan fingerprint density at radius 2 is 2.03 bits per heavy atom. The van der Waals surface area contributed by atoms with Gasteiger partial charge in [0.2, 0.25) is 11.6 Å². The molecule has 1 N–H and O–H groups in total. The number of hydrogen-bond acceptors (Lipinski definition) is 7. The molecule has 0 aliphatic carbocycles. The van der Waals surface area contributed by atoms with Crippen molar-refractivity contribution in [2.75, 3.05) is 31.1 Å². The number of nitrogens with one attached hydrogen (secondary N) is 1. The van der Waals surface area contributed by atoms with Gasteiger partial charge in [0.05, 0.1) is 17.8 Å². The lowest BCUT2D eigenvalue weighted by Gasteiger charge is -2.51. The minimum atomic E-state index is -2.89. The van der Waals surface area contributed by atoms with E-state index in [-0.39, 0.29) is 37.3 Å². The van der Waals surface area contributed by atoms with Gasteiger partial charge >= 0.3 is 6.43 Å². The summed E-state index contributed by atoms with van der Waals surface area (Å²) in [6.07, 6.45) is -1.57. The molecule has 2 aromatic heterocycles. The summed E-state index contributed by atoms with van der Waals surface area (Å²) in [4.78, 5) is 20.5. The van der Waals surface area contributed by atoms with Gasteiger partial charge in [0.1, 0.15) is 5.82 Å². The molecule has 1 amide bonds. The van der Waals surface area contributed by atoms with E-state index < -0.39 is 29.7 Å². The van der Waals surface area contributed by atoms with Crippen molar-refractivity contribution >= 4 is 11.6 Å². The van der Waals surface area contributed by atoms with Gasteiger partial charge in [-0.05, 0) is 30.3 Å². The molecule has 0 spiro atoms. The van der Waals surface area contributed by atoms with Crippen LogP contribution in [0.15, 0.2) is 47.0 Å². The predicted octanol–water partition coefficient (Wildman–Crippen LogP) is 2.74. The van der Waals surface area contributed by atoms with E-state index in [1.807, 2.05) is 4.90 Å². The molecule has 2 aliphatic rings. The molecule has 0 bridgehead atoms. The highest BCUT2D eigenvalue weighted by Gasteiger charge is 2.54. The molecule has 2 saturated heterocycles. The van der Waals surface area contributed by atoms with Crippen LogP contribution in [-0.4, -0.2) is 63.9 Å². The number of carbonyl (C=O) groups excluding carboxylic acids is 1. The first-order chi connectivity index (χ1) is 16.3. The first-order valence-corrected chi connectivity index (χ1v) is 10.6. The summed E-state index contributed by atoms with van der Waals surface area (Å²) in [6, 6.07) is 8.61. The van der Waals surface area contributed by atoms with Crippen LogP contribution in [-0.2, 0) is 11.3 Å². The van der Waals surface area contributed by atoms with Crippen molar-refractivity contribution in [2.24, 2.45) is 0 Å². The molecule has 0 atom stereocenters. The van der Waals surface area contributed by atoms with Crippen LogP contribution in [0.2, 0.25) is 0 Å². The molecule has 12 heteroatoms. The van der Waals surface area contributed by atoms with Gasteiger partial charge in [0.15, 0.2) is 0 Å². The van der Waals surface area contributed by atoms with Crippen LogP contribution in [0.5, 0.6) is 0 Å². The van der Waals surface area contributed by atoms with Gasteiger partial charge in [-0.15, -0.1) is 10.2 Å². The van der Waals surface area contributed by atoms with E-state index in [4.69, 9.17) is 4.42 Å². The molecule has 2 aliphatic heterocycles. The number of anilines is 1. The van der Waals surface area contributed by atoms with Gasteiger partial charge in [-0.3, -0.25) is 14.7 Å². The third-order valence-electron chi connectivity index (χ3n) is 5.95. The smallest absolute Gasteiger partial charge is 0.314 e. The van der Waals surface area contributed by atoms with Gasteiger partial charge in [0, 0.05) is 44.1 Å². The SMILES string of the molecule is O=C(N(Cc1ccc(-c2nnc(C(F)F)o2)cn1)c1cccc(F)c1)C1(F)CN(C2CNC2)C1. The van der Waals surface area contributed by atoms with Gasteiger partial charge in [-0.2, -0.15) is 8.78 Å². The lowest BCUT2D eigenvalue weighted by atomic mass is 9.90. The second-order valence-electron chi connectivity index (χ2n) is 8.34. The molecule has 5 rings (SSSR count). The average Bonchev–Trinajstić information content (AvgIpc) is 3.26. The lowest BCUT2D eigenvalue weighted by molar-refractivity contribution is -0.146. The van der Waals surface area contributed by atoms with Crippen LogP contribution >= 0.6 is 0 Å². The maximum atomic E-state index is 15.5. The van der Waals surface area contributed by atoms with E-state index in [1.165, 1.54) is 41.4 Å². The van der Waals surface area contributed by atoms with Crippen LogP contribution in [0.4, 0.5) is 23.2 Å². The Morgan fingerprint density at radius 1 is 1.24 bits per heavy atom. The number of nitrogens with zero attached hydrogens (tertiary/aromatic N) is 5. The second kappa shape index (κ2) is 8.76. The highest BCUT2D eigenvalue weighted by molar-refractivity contribution is 6.00. The summed E-state index contributed by atoms with van der Waals surface area (Å²) in [5, 5.41) is 9.96. The summed E-state index contributed by atoms with van der Waals surface area (Å²) < 4.78 is 59.7. The number of aromatic nitrogens is 3. The van der Waals surface area contributed by atoms with Gasteiger partial charge in [-0.25, -0.2) is 8.78 Å². The number of alkyl halides is 3. The number of benzene rings is 1. The van der Waals surface area contributed by atoms with Crippen LogP contribution in [0.1, 0.15) is 18.0 Å². The number of rotatable bonds is 7. The molecular weight excluding hydrogens is 456 g/mol. The molecule has 3 aromatic rings. The average molecular weight is 476 g/mol. The molecule has 1 aromatic carbocycles. The summed E-state index contributed by atoms with van der Waals surface area (Å²) in [5.41, 5.74) is -1.21. The van der Waals surface area contributed by atoms with E-state index in [2.05, 4.69) is 20.5 Å². The lowest BCUT2D eigenvalue weighted by Crippen LogP contribution is -2.73. The zero-order valence-electron chi connectivity index (χ0n) is 17.8. The Bertz CT molecular complexity index is 1180. The van der Waals surface area contributed by atoms with Crippen molar-refractivity contribution in [1.29, 1.82) is 0 Å². The third kappa shape index (κ3) is 4.26. The topological polar surface area (TPSA) is 87.4 Å². The molecule has 34 heavy (non-hydrogen) atoms. The molecule has 0 unspecified atom stereocenters. The molecule has 178 valence electrons.